The van der Waals surface area contributed by atoms with E-state index in [2.05, 4.69) is 19.0 Å². The summed E-state index contributed by atoms with van der Waals surface area (Å²) < 4.78 is 27.8. The molecule has 8 nitrogen and oxygen atoms in total. The van der Waals surface area contributed by atoms with Gasteiger partial charge in [0, 0.05) is 5.69 Å². The lowest BCUT2D eigenvalue weighted by Gasteiger charge is -2.09. The van der Waals surface area contributed by atoms with Crippen LogP contribution in [0.2, 0.25) is 0 Å². The Hall–Kier alpha value is -3.66. The first-order valence-electron chi connectivity index (χ1n) is 8.08. The number of aromatic nitrogens is 4. The lowest BCUT2D eigenvalue weighted by Crippen LogP contribution is -2.22. The van der Waals surface area contributed by atoms with E-state index in [1.54, 1.807) is 18.2 Å². The van der Waals surface area contributed by atoms with Crippen LogP contribution in [0.1, 0.15) is 10.5 Å². The highest BCUT2D eigenvalue weighted by Crippen LogP contribution is 2.21. The molecular weight excluding hydrogens is 385 g/mol. The number of nitrogens with zero attached hydrogens (tertiary/aromatic N) is 4. The number of rotatable bonds is 5. The Balaban J connectivity index is 1.42. The number of ether oxygens (including phenoxy) is 1. The minimum atomic E-state index is -0.731. The van der Waals surface area contributed by atoms with Gasteiger partial charge in [0.1, 0.15) is 16.9 Å². The molecule has 1 amide bonds. The van der Waals surface area contributed by atoms with Gasteiger partial charge in [-0.25, -0.2) is 14.2 Å². The van der Waals surface area contributed by atoms with Gasteiger partial charge in [0.2, 0.25) is 0 Å². The first-order valence-corrected chi connectivity index (χ1v) is 8.81. The zero-order valence-corrected chi connectivity index (χ0v) is 15.0. The summed E-state index contributed by atoms with van der Waals surface area (Å²) >= 11 is 1.04. The average molecular weight is 397 g/mol. The van der Waals surface area contributed by atoms with Crippen LogP contribution in [0, 0.1) is 5.82 Å². The fraction of sp³-hybridized carbons (Fsp3) is 0.0556. The number of carbonyl (C=O) groups excluding carboxylic acids is 2. The summed E-state index contributed by atoms with van der Waals surface area (Å²) in [5, 5.41) is 2.65. The van der Waals surface area contributed by atoms with Gasteiger partial charge in [-0.15, -0.1) is 0 Å². The van der Waals surface area contributed by atoms with Crippen molar-refractivity contribution in [1.82, 2.24) is 18.3 Å². The third-order valence-corrected chi connectivity index (χ3v) is 4.39. The zero-order valence-electron chi connectivity index (χ0n) is 14.2. The Morgan fingerprint density at radius 3 is 2.79 bits per heavy atom. The SMILES string of the molecule is O=C(COC(=O)c1cncn1-c1ccc(F)cc1)Nc1cccc2nsnc12. The number of fused-ring (bicyclic) bond motifs is 1. The molecule has 4 aromatic rings. The number of imidazole rings is 1. The van der Waals surface area contributed by atoms with Crippen LogP contribution in [0.25, 0.3) is 16.7 Å². The molecule has 2 aromatic heterocycles. The topological polar surface area (TPSA) is 99.0 Å². The second-order valence-corrected chi connectivity index (χ2v) is 6.22. The van der Waals surface area contributed by atoms with Crippen molar-refractivity contribution in [3.63, 3.8) is 0 Å². The monoisotopic (exact) mass is 397 g/mol. The normalized spacial score (nSPS) is 10.8. The van der Waals surface area contributed by atoms with Crippen molar-refractivity contribution in [2.24, 2.45) is 0 Å². The predicted molar refractivity (Wildman–Crippen MR) is 99.8 cm³/mol. The molecule has 0 saturated heterocycles. The van der Waals surface area contributed by atoms with E-state index in [0.717, 1.165) is 11.7 Å². The Morgan fingerprint density at radius 1 is 1.14 bits per heavy atom. The van der Waals surface area contributed by atoms with E-state index >= 15 is 0 Å². The number of hydrogen-bond acceptors (Lipinski definition) is 7. The van der Waals surface area contributed by atoms with Crippen LogP contribution < -0.4 is 5.32 Å². The highest BCUT2D eigenvalue weighted by atomic mass is 32.1. The van der Waals surface area contributed by atoms with E-state index in [1.807, 2.05) is 0 Å². The summed E-state index contributed by atoms with van der Waals surface area (Å²) in [4.78, 5) is 28.4. The Morgan fingerprint density at radius 2 is 1.96 bits per heavy atom. The summed E-state index contributed by atoms with van der Waals surface area (Å²) in [7, 11) is 0. The third kappa shape index (κ3) is 3.58. The first kappa shape index (κ1) is 17.7. The quantitative estimate of drug-likeness (QED) is 0.520. The molecular formula is C18H12FN5O3S. The molecule has 0 radical (unpaired) electrons. The van der Waals surface area contributed by atoms with Crippen molar-refractivity contribution in [2.45, 2.75) is 0 Å². The molecule has 0 aliphatic carbocycles. The van der Waals surface area contributed by atoms with Gasteiger partial charge < -0.3 is 10.1 Å². The van der Waals surface area contributed by atoms with E-state index < -0.39 is 24.3 Å². The Bertz CT molecular complexity index is 1160. The van der Waals surface area contributed by atoms with Crippen molar-refractivity contribution in [2.75, 3.05) is 11.9 Å². The molecule has 140 valence electrons. The van der Waals surface area contributed by atoms with E-state index in [4.69, 9.17) is 4.74 Å². The standard InChI is InChI=1S/C18H12FN5O3S/c19-11-4-6-12(7-5-11)24-10-20-8-15(24)18(26)27-9-16(25)21-13-2-1-3-14-17(13)23-28-22-14/h1-8,10H,9H2,(H,21,25). The highest BCUT2D eigenvalue weighted by Gasteiger charge is 2.17. The predicted octanol–water partition coefficient (Wildman–Crippen LogP) is 2.81. The molecule has 0 spiro atoms. The van der Waals surface area contributed by atoms with Crippen LogP contribution in [0.4, 0.5) is 10.1 Å². The molecule has 0 aliphatic heterocycles. The van der Waals surface area contributed by atoms with E-state index in [9.17, 15) is 14.0 Å². The summed E-state index contributed by atoms with van der Waals surface area (Å²) in [5.74, 6) is -1.64. The summed E-state index contributed by atoms with van der Waals surface area (Å²) in [6.07, 6.45) is 2.71. The largest absolute Gasteiger partial charge is 0.451 e. The fourth-order valence-electron chi connectivity index (χ4n) is 2.55. The van der Waals surface area contributed by atoms with Gasteiger partial charge in [0.05, 0.1) is 29.9 Å². The van der Waals surface area contributed by atoms with Crippen LogP contribution in [0.5, 0.6) is 0 Å². The second kappa shape index (κ2) is 7.53. The van der Waals surface area contributed by atoms with E-state index in [1.165, 1.54) is 41.4 Å². The van der Waals surface area contributed by atoms with Crippen LogP contribution >= 0.6 is 11.7 Å². The number of esters is 1. The van der Waals surface area contributed by atoms with Crippen molar-refractivity contribution in [3.8, 4) is 5.69 Å². The summed E-state index contributed by atoms with van der Waals surface area (Å²) in [6.45, 7) is -0.485. The lowest BCUT2D eigenvalue weighted by molar-refractivity contribution is -0.119. The van der Waals surface area contributed by atoms with Gasteiger partial charge in [-0.3, -0.25) is 9.36 Å². The van der Waals surface area contributed by atoms with Crippen LogP contribution in [0.3, 0.4) is 0 Å². The molecule has 4 rings (SSSR count). The molecule has 10 heteroatoms. The molecule has 0 fully saturated rings. The summed E-state index contributed by atoms with van der Waals surface area (Å²) in [5.41, 5.74) is 2.39. The average Bonchev–Trinajstić information content (AvgIpc) is 3.36. The second-order valence-electron chi connectivity index (χ2n) is 5.69. The molecule has 0 atom stereocenters. The number of hydrogen-bond donors (Lipinski definition) is 1. The summed E-state index contributed by atoms with van der Waals surface area (Å²) in [6, 6.07) is 10.8. The Kier molecular flexibility index (Phi) is 4.77. The molecule has 0 unspecified atom stereocenters. The minimum absolute atomic E-state index is 0.116. The number of carbonyl (C=O) groups is 2. The Labute approximate surface area is 161 Å². The minimum Gasteiger partial charge on any atom is -0.451 e. The van der Waals surface area contributed by atoms with Crippen molar-refractivity contribution in [3.05, 3.63) is 66.5 Å². The van der Waals surface area contributed by atoms with Gasteiger partial charge in [-0.2, -0.15) is 8.75 Å². The number of halogens is 1. The number of anilines is 1. The zero-order chi connectivity index (χ0) is 19.5. The van der Waals surface area contributed by atoms with Gasteiger partial charge in [-0.05, 0) is 36.4 Å². The van der Waals surface area contributed by atoms with Crippen LogP contribution in [0.15, 0.2) is 55.0 Å². The molecule has 2 aromatic carbocycles. The van der Waals surface area contributed by atoms with Gasteiger partial charge in [-0.1, -0.05) is 6.07 Å². The van der Waals surface area contributed by atoms with E-state index in [-0.39, 0.29) is 5.69 Å². The maximum absolute atomic E-state index is 13.1. The van der Waals surface area contributed by atoms with Crippen molar-refractivity contribution < 1.29 is 18.7 Å². The van der Waals surface area contributed by atoms with Gasteiger partial charge in [0.15, 0.2) is 12.3 Å². The maximum atomic E-state index is 13.1. The number of nitrogens with one attached hydrogen (secondary N) is 1. The maximum Gasteiger partial charge on any atom is 0.357 e. The number of benzene rings is 2. The first-order chi connectivity index (χ1) is 13.6. The molecule has 1 N–H and O–H groups in total. The lowest BCUT2D eigenvalue weighted by atomic mass is 10.2. The van der Waals surface area contributed by atoms with Crippen LogP contribution in [-0.2, 0) is 9.53 Å². The highest BCUT2D eigenvalue weighted by molar-refractivity contribution is 7.00. The fourth-order valence-corrected chi connectivity index (χ4v) is 3.10. The molecule has 28 heavy (non-hydrogen) atoms. The van der Waals surface area contributed by atoms with Crippen molar-refractivity contribution >= 4 is 40.3 Å². The van der Waals surface area contributed by atoms with Gasteiger partial charge >= 0.3 is 5.97 Å². The van der Waals surface area contributed by atoms with E-state index in [0.29, 0.717) is 22.4 Å². The molecule has 0 saturated carbocycles. The number of amides is 1. The molecule has 2 heterocycles. The molecule has 0 aliphatic rings. The molecule has 0 bridgehead atoms. The van der Waals surface area contributed by atoms with Crippen LogP contribution in [-0.4, -0.2) is 36.8 Å². The smallest absolute Gasteiger partial charge is 0.357 e. The van der Waals surface area contributed by atoms with Gasteiger partial charge in [0.25, 0.3) is 5.91 Å². The third-order valence-electron chi connectivity index (χ3n) is 3.85. The van der Waals surface area contributed by atoms with Crippen molar-refractivity contribution in [1.29, 1.82) is 0 Å².